The number of aromatic amines is 1. The zero-order chi connectivity index (χ0) is 9.97. The van der Waals surface area contributed by atoms with Gasteiger partial charge < -0.3 is 14.5 Å². The van der Waals surface area contributed by atoms with Crippen LogP contribution in [-0.2, 0) is 9.47 Å². The summed E-state index contributed by atoms with van der Waals surface area (Å²) in [6.45, 7) is 0.763. The molecule has 1 unspecified atom stereocenters. The Balaban J connectivity index is 2.12. The summed E-state index contributed by atoms with van der Waals surface area (Å²) in [6, 6.07) is 0. The van der Waals surface area contributed by atoms with E-state index in [0.717, 1.165) is 19.4 Å². The summed E-state index contributed by atoms with van der Waals surface area (Å²) in [4.78, 5) is 18.1. The minimum atomic E-state index is -0.401. The maximum atomic E-state index is 11.1. The fourth-order valence-corrected chi connectivity index (χ4v) is 1.51. The monoisotopic (exact) mass is 196 g/mol. The van der Waals surface area contributed by atoms with Crippen LogP contribution in [-0.4, -0.2) is 29.7 Å². The summed E-state index contributed by atoms with van der Waals surface area (Å²) in [6.07, 6.45) is 3.48. The summed E-state index contributed by atoms with van der Waals surface area (Å²) in [5.74, 6) is 0.310. The van der Waals surface area contributed by atoms with Crippen molar-refractivity contribution >= 4 is 5.97 Å². The summed E-state index contributed by atoms with van der Waals surface area (Å²) in [5, 5.41) is 0. The predicted octanol–water partition coefficient (Wildman–Crippen LogP) is 1.05. The van der Waals surface area contributed by atoms with Gasteiger partial charge in [0, 0.05) is 6.61 Å². The Kier molecular flexibility index (Phi) is 2.49. The van der Waals surface area contributed by atoms with Crippen molar-refractivity contribution in [2.45, 2.75) is 18.9 Å². The first-order valence-electron chi connectivity index (χ1n) is 4.56. The molecule has 1 aliphatic heterocycles. The molecule has 1 N–H and O–H groups in total. The van der Waals surface area contributed by atoms with Gasteiger partial charge in [-0.05, 0) is 12.8 Å². The van der Waals surface area contributed by atoms with Gasteiger partial charge in [-0.2, -0.15) is 0 Å². The Labute approximate surface area is 81.4 Å². The number of nitrogens with zero attached hydrogens (tertiary/aromatic N) is 1. The molecule has 1 aromatic rings. The first-order chi connectivity index (χ1) is 6.81. The summed E-state index contributed by atoms with van der Waals surface area (Å²) >= 11 is 0. The highest BCUT2D eigenvalue weighted by Crippen LogP contribution is 2.25. The van der Waals surface area contributed by atoms with Gasteiger partial charge in [0.1, 0.15) is 17.6 Å². The fraction of sp³-hybridized carbons (Fsp3) is 0.556. The third kappa shape index (κ3) is 1.63. The topological polar surface area (TPSA) is 64.2 Å². The number of hydrogen-bond acceptors (Lipinski definition) is 4. The maximum Gasteiger partial charge on any atom is 0.356 e. The van der Waals surface area contributed by atoms with E-state index >= 15 is 0 Å². The molecule has 1 atom stereocenters. The largest absolute Gasteiger partial charge is 0.464 e. The molecule has 0 bridgehead atoms. The molecule has 0 radical (unpaired) electrons. The van der Waals surface area contributed by atoms with Gasteiger partial charge in [-0.1, -0.05) is 0 Å². The van der Waals surface area contributed by atoms with Crippen LogP contribution in [0, 0.1) is 0 Å². The quantitative estimate of drug-likeness (QED) is 0.718. The Morgan fingerprint density at radius 3 is 3.29 bits per heavy atom. The predicted molar refractivity (Wildman–Crippen MR) is 47.9 cm³/mol. The van der Waals surface area contributed by atoms with Crippen LogP contribution in [0.1, 0.15) is 35.3 Å². The molecular formula is C9H12N2O3. The molecule has 0 spiro atoms. The smallest absolute Gasteiger partial charge is 0.356 e. The number of methoxy groups -OCH3 is 1. The lowest BCUT2D eigenvalue weighted by Crippen LogP contribution is -2.03. The Morgan fingerprint density at radius 1 is 1.79 bits per heavy atom. The van der Waals surface area contributed by atoms with Gasteiger partial charge in [-0.15, -0.1) is 0 Å². The van der Waals surface area contributed by atoms with E-state index in [-0.39, 0.29) is 6.10 Å². The SMILES string of the molecule is COC(=O)c1cnc(C2CCCO2)[nH]1. The van der Waals surface area contributed by atoms with Crippen molar-refractivity contribution in [3.8, 4) is 0 Å². The van der Waals surface area contributed by atoms with Crippen LogP contribution in [0.15, 0.2) is 6.20 Å². The number of carbonyl (C=O) groups excluding carboxylic acids is 1. The number of aromatic nitrogens is 2. The number of H-pyrrole nitrogens is 1. The molecule has 2 rings (SSSR count). The molecule has 1 aromatic heterocycles. The molecule has 1 fully saturated rings. The van der Waals surface area contributed by atoms with Crippen LogP contribution < -0.4 is 0 Å². The Hall–Kier alpha value is -1.36. The number of ether oxygens (including phenoxy) is 2. The summed E-state index contributed by atoms with van der Waals surface area (Å²) < 4.78 is 9.98. The molecule has 76 valence electrons. The molecular weight excluding hydrogens is 184 g/mol. The normalized spacial score (nSPS) is 21.1. The minimum Gasteiger partial charge on any atom is -0.464 e. The molecule has 1 saturated heterocycles. The molecule has 0 aromatic carbocycles. The van der Waals surface area contributed by atoms with E-state index in [1.54, 1.807) is 0 Å². The van der Waals surface area contributed by atoms with E-state index in [1.165, 1.54) is 13.3 Å². The van der Waals surface area contributed by atoms with E-state index in [4.69, 9.17) is 4.74 Å². The van der Waals surface area contributed by atoms with E-state index in [0.29, 0.717) is 11.5 Å². The second-order valence-electron chi connectivity index (χ2n) is 3.18. The standard InChI is InChI=1S/C9H12N2O3/c1-13-9(12)6-5-10-8(11-6)7-3-2-4-14-7/h5,7H,2-4H2,1H3,(H,10,11). The van der Waals surface area contributed by atoms with Crippen molar-refractivity contribution < 1.29 is 14.3 Å². The molecule has 2 heterocycles. The number of rotatable bonds is 2. The second-order valence-corrected chi connectivity index (χ2v) is 3.18. The van der Waals surface area contributed by atoms with Gasteiger partial charge in [-0.25, -0.2) is 9.78 Å². The fourth-order valence-electron chi connectivity index (χ4n) is 1.51. The first-order valence-corrected chi connectivity index (χ1v) is 4.56. The van der Waals surface area contributed by atoms with Crippen molar-refractivity contribution in [2.75, 3.05) is 13.7 Å². The third-order valence-corrected chi connectivity index (χ3v) is 2.24. The number of carbonyl (C=O) groups is 1. The zero-order valence-corrected chi connectivity index (χ0v) is 7.95. The highest BCUT2D eigenvalue weighted by molar-refractivity contribution is 5.86. The molecule has 5 nitrogen and oxygen atoms in total. The van der Waals surface area contributed by atoms with Crippen LogP contribution in [0.3, 0.4) is 0 Å². The zero-order valence-electron chi connectivity index (χ0n) is 7.95. The third-order valence-electron chi connectivity index (χ3n) is 2.24. The van der Waals surface area contributed by atoms with Gasteiger partial charge in [0.2, 0.25) is 0 Å². The molecule has 0 amide bonds. The Morgan fingerprint density at radius 2 is 2.64 bits per heavy atom. The van der Waals surface area contributed by atoms with Crippen molar-refractivity contribution in [3.05, 3.63) is 17.7 Å². The van der Waals surface area contributed by atoms with Crippen molar-refractivity contribution in [3.63, 3.8) is 0 Å². The lowest BCUT2D eigenvalue weighted by molar-refractivity contribution is 0.0593. The summed E-state index contributed by atoms with van der Waals surface area (Å²) in [5.41, 5.74) is 0.373. The lowest BCUT2D eigenvalue weighted by Gasteiger charge is -2.03. The number of esters is 1. The van der Waals surface area contributed by atoms with E-state index in [1.807, 2.05) is 0 Å². The minimum absolute atomic E-state index is 0.00778. The average molecular weight is 196 g/mol. The van der Waals surface area contributed by atoms with Crippen molar-refractivity contribution in [2.24, 2.45) is 0 Å². The Bertz CT molecular complexity index is 329. The molecule has 14 heavy (non-hydrogen) atoms. The van der Waals surface area contributed by atoms with E-state index in [2.05, 4.69) is 14.7 Å². The van der Waals surface area contributed by atoms with Gasteiger partial charge in [0.15, 0.2) is 0 Å². The first kappa shape index (κ1) is 9.21. The van der Waals surface area contributed by atoms with Crippen LogP contribution in [0.5, 0.6) is 0 Å². The van der Waals surface area contributed by atoms with E-state index in [9.17, 15) is 4.79 Å². The van der Waals surface area contributed by atoms with Gasteiger partial charge in [0.05, 0.1) is 13.3 Å². The van der Waals surface area contributed by atoms with Gasteiger partial charge in [0.25, 0.3) is 0 Å². The van der Waals surface area contributed by atoms with Crippen molar-refractivity contribution in [1.29, 1.82) is 0 Å². The lowest BCUT2D eigenvalue weighted by atomic mass is 10.2. The number of hydrogen-bond donors (Lipinski definition) is 1. The molecule has 0 saturated carbocycles. The summed E-state index contributed by atoms with van der Waals surface area (Å²) in [7, 11) is 1.34. The number of nitrogens with one attached hydrogen (secondary N) is 1. The van der Waals surface area contributed by atoms with Crippen LogP contribution in [0.25, 0.3) is 0 Å². The highest BCUT2D eigenvalue weighted by Gasteiger charge is 2.21. The average Bonchev–Trinajstić information content (AvgIpc) is 2.86. The van der Waals surface area contributed by atoms with Gasteiger partial charge in [-0.3, -0.25) is 0 Å². The van der Waals surface area contributed by atoms with Gasteiger partial charge >= 0.3 is 5.97 Å². The van der Waals surface area contributed by atoms with Crippen LogP contribution in [0.4, 0.5) is 0 Å². The van der Waals surface area contributed by atoms with Crippen molar-refractivity contribution in [1.82, 2.24) is 9.97 Å². The van der Waals surface area contributed by atoms with Crippen LogP contribution >= 0.6 is 0 Å². The van der Waals surface area contributed by atoms with Crippen LogP contribution in [0.2, 0.25) is 0 Å². The molecule has 1 aliphatic rings. The molecule has 0 aliphatic carbocycles. The molecule has 5 heteroatoms. The second kappa shape index (κ2) is 3.79. The maximum absolute atomic E-state index is 11.1. The number of imidazole rings is 1. The van der Waals surface area contributed by atoms with E-state index < -0.39 is 5.97 Å². The highest BCUT2D eigenvalue weighted by atomic mass is 16.5.